The predicted octanol–water partition coefficient (Wildman–Crippen LogP) is 3.16. The van der Waals surface area contributed by atoms with Gasteiger partial charge in [0.25, 0.3) is 0 Å². The van der Waals surface area contributed by atoms with E-state index < -0.39 is 0 Å². The highest BCUT2D eigenvalue weighted by Crippen LogP contribution is 2.14. The van der Waals surface area contributed by atoms with E-state index in [1.165, 1.54) is 6.92 Å². The minimum absolute atomic E-state index is 0.0225. The summed E-state index contributed by atoms with van der Waals surface area (Å²) < 4.78 is 11.0. The van der Waals surface area contributed by atoms with Gasteiger partial charge >= 0.3 is 0 Å². The lowest BCUT2D eigenvalue weighted by atomic mass is 10.1. The van der Waals surface area contributed by atoms with Gasteiger partial charge in [0.2, 0.25) is 11.8 Å². The Bertz CT molecular complexity index is 729. The van der Waals surface area contributed by atoms with Crippen molar-refractivity contribution < 1.29 is 19.1 Å². The van der Waals surface area contributed by atoms with E-state index in [9.17, 15) is 9.59 Å². The molecule has 0 aliphatic carbocycles. The summed E-state index contributed by atoms with van der Waals surface area (Å²) in [6, 6.07) is 10.7. The van der Waals surface area contributed by atoms with E-state index >= 15 is 0 Å². The second-order valence-corrected chi connectivity index (χ2v) is 5.71. The third-order valence-corrected chi connectivity index (χ3v) is 3.68. The first kappa shape index (κ1) is 19.4. The number of pyridine rings is 1. The largest absolute Gasteiger partial charge is 0.494 e. The molecular weight excluding hydrogens is 332 g/mol. The van der Waals surface area contributed by atoms with Gasteiger partial charge in [-0.05, 0) is 50.6 Å². The van der Waals surface area contributed by atoms with Gasteiger partial charge in [0.1, 0.15) is 5.75 Å². The molecule has 0 aliphatic rings. The number of carbonyl (C=O) groups is 2. The van der Waals surface area contributed by atoms with E-state index in [4.69, 9.17) is 9.47 Å². The SMILES string of the molecule is CCOc1ncccc1CNC(=O)CCCOc1ccc(C(C)=O)cc1. The molecule has 2 aromatic rings. The number of Topliss-reactive ketones (excluding diaryl/α,β-unsaturated/α-hetero) is 1. The first-order valence-electron chi connectivity index (χ1n) is 8.67. The maximum Gasteiger partial charge on any atom is 0.220 e. The fourth-order valence-corrected chi connectivity index (χ4v) is 2.32. The monoisotopic (exact) mass is 356 g/mol. The Morgan fingerprint density at radius 3 is 2.58 bits per heavy atom. The van der Waals surface area contributed by atoms with Crippen molar-refractivity contribution in [1.82, 2.24) is 10.3 Å². The van der Waals surface area contributed by atoms with Gasteiger partial charge in [-0.2, -0.15) is 0 Å². The van der Waals surface area contributed by atoms with Crippen molar-refractivity contribution >= 4 is 11.7 Å². The molecule has 26 heavy (non-hydrogen) atoms. The van der Waals surface area contributed by atoms with Crippen LogP contribution in [0.25, 0.3) is 0 Å². The van der Waals surface area contributed by atoms with Crippen LogP contribution < -0.4 is 14.8 Å². The molecule has 0 fully saturated rings. The number of amides is 1. The van der Waals surface area contributed by atoms with Crippen molar-refractivity contribution in [2.75, 3.05) is 13.2 Å². The van der Waals surface area contributed by atoms with Gasteiger partial charge in [-0.3, -0.25) is 9.59 Å². The molecule has 6 heteroatoms. The number of ether oxygens (including phenoxy) is 2. The Morgan fingerprint density at radius 2 is 1.88 bits per heavy atom. The Morgan fingerprint density at radius 1 is 1.12 bits per heavy atom. The van der Waals surface area contributed by atoms with Crippen molar-refractivity contribution in [2.45, 2.75) is 33.2 Å². The van der Waals surface area contributed by atoms with Crippen LogP contribution in [0.15, 0.2) is 42.6 Å². The summed E-state index contributed by atoms with van der Waals surface area (Å²) >= 11 is 0. The van der Waals surface area contributed by atoms with Gasteiger partial charge in [0.05, 0.1) is 13.2 Å². The second kappa shape index (κ2) is 10.2. The van der Waals surface area contributed by atoms with Gasteiger partial charge in [-0.1, -0.05) is 6.07 Å². The molecule has 138 valence electrons. The summed E-state index contributed by atoms with van der Waals surface area (Å²) in [6.07, 6.45) is 2.64. The standard InChI is InChI=1S/C20H24N2O4/c1-3-25-20-17(6-4-12-21-20)14-22-19(24)7-5-13-26-18-10-8-16(9-11-18)15(2)23/h4,6,8-12H,3,5,7,13-14H2,1-2H3,(H,22,24). The molecule has 1 N–H and O–H groups in total. The third-order valence-electron chi connectivity index (χ3n) is 3.68. The minimum Gasteiger partial charge on any atom is -0.494 e. The molecule has 0 unspecified atom stereocenters. The molecule has 6 nitrogen and oxygen atoms in total. The minimum atomic E-state index is -0.0492. The van der Waals surface area contributed by atoms with Crippen LogP contribution in [-0.2, 0) is 11.3 Å². The van der Waals surface area contributed by atoms with Crippen LogP contribution in [0.4, 0.5) is 0 Å². The van der Waals surface area contributed by atoms with Gasteiger partial charge in [-0.15, -0.1) is 0 Å². The van der Waals surface area contributed by atoms with Crippen LogP contribution in [0.3, 0.4) is 0 Å². The van der Waals surface area contributed by atoms with Crippen LogP contribution in [0.1, 0.15) is 42.6 Å². The Balaban J connectivity index is 1.68. The molecule has 0 bridgehead atoms. The molecule has 0 saturated heterocycles. The van der Waals surface area contributed by atoms with Gasteiger partial charge in [-0.25, -0.2) is 4.98 Å². The molecule has 0 aliphatic heterocycles. The van der Waals surface area contributed by atoms with Gasteiger partial charge in [0, 0.05) is 30.3 Å². The van der Waals surface area contributed by atoms with Crippen molar-refractivity contribution in [2.24, 2.45) is 0 Å². The summed E-state index contributed by atoms with van der Waals surface area (Å²) in [6.45, 7) is 4.77. The smallest absolute Gasteiger partial charge is 0.220 e. The summed E-state index contributed by atoms with van der Waals surface area (Å²) in [4.78, 5) is 27.3. The van der Waals surface area contributed by atoms with Crippen LogP contribution in [-0.4, -0.2) is 29.9 Å². The van der Waals surface area contributed by atoms with Crippen LogP contribution >= 0.6 is 0 Å². The molecule has 0 spiro atoms. The number of hydrogen-bond donors (Lipinski definition) is 1. The first-order chi connectivity index (χ1) is 12.6. The Hall–Kier alpha value is -2.89. The third kappa shape index (κ3) is 6.20. The number of rotatable bonds is 10. The number of nitrogens with zero attached hydrogens (tertiary/aromatic N) is 1. The van der Waals surface area contributed by atoms with E-state index in [1.807, 2.05) is 19.1 Å². The van der Waals surface area contributed by atoms with E-state index in [-0.39, 0.29) is 11.7 Å². The van der Waals surface area contributed by atoms with Gasteiger partial charge < -0.3 is 14.8 Å². The highest BCUT2D eigenvalue weighted by atomic mass is 16.5. The van der Waals surface area contributed by atoms with Crippen LogP contribution in [0.5, 0.6) is 11.6 Å². The fraction of sp³-hybridized carbons (Fsp3) is 0.350. The van der Waals surface area contributed by atoms with E-state index in [0.29, 0.717) is 49.8 Å². The number of aromatic nitrogens is 1. The molecular formula is C20H24N2O4. The number of carbonyl (C=O) groups excluding carboxylic acids is 2. The van der Waals surface area contributed by atoms with Gasteiger partial charge in [0.15, 0.2) is 5.78 Å². The normalized spacial score (nSPS) is 10.2. The molecule has 2 rings (SSSR count). The van der Waals surface area contributed by atoms with Crippen molar-refractivity contribution in [3.63, 3.8) is 0 Å². The number of nitrogens with one attached hydrogen (secondary N) is 1. The highest BCUT2D eigenvalue weighted by Gasteiger charge is 2.07. The number of benzene rings is 1. The lowest BCUT2D eigenvalue weighted by molar-refractivity contribution is -0.121. The zero-order chi connectivity index (χ0) is 18.8. The summed E-state index contributed by atoms with van der Waals surface area (Å²) in [5.41, 5.74) is 1.50. The van der Waals surface area contributed by atoms with Crippen molar-refractivity contribution in [1.29, 1.82) is 0 Å². The second-order valence-electron chi connectivity index (χ2n) is 5.71. The molecule has 0 atom stereocenters. The van der Waals surface area contributed by atoms with Crippen LogP contribution in [0, 0.1) is 0 Å². The van der Waals surface area contributed by atoms with Crippen molar-refractivity contribution in [3.8, 4) is 11.6 Å². The maximum absolute atomic E-state index is 12.0. The van der Waals surface area contributed by atoms with Crippen molar-refractivity contribution in [3.05, 3.63) is 53.7 Å². The van der Waals surface area contributed by atoms with E-state index in [0.717, 1.165) is 5.56 Å². The summed E-state index contributed by atoms with van der Waals surface area (Å²) in [7, 11) is 0. The molecule has 1 amide bonds. The first-order valence-corrected chi connectivity index (χ1v) is 8.67. The van der Waals surface area contributed by atoms with E-state index in [1.54, 1.807) is 30.5 Å². The molecule has 0 radical (unpaired) electrons. The maximum atomic E-state index is 12.0. The summed E-state index contributed by atoms with van der Waals surface area (Å²) in [5.74, 6) is 1.21. The molecule has 1 heterocycles. The zero-order valence-electron chi connectivity index (χ0n) is 15.2. The zero-order valence-corrected chi connectivity index (χ0v) is 15.2. The van der Waals surface area contributed by atoms with Crippen LogP contribution in [0.2, 0.25) is 0 Å². The summed E-state index contributed by atoms with van der Waals surface area (Å²) in [5, 5.41) is 2.86. The highest BCUT2D eigenvalue weighted by molar-refractivity contribution is 5.94. The predicted molar refractivity (Wildman–Crippen MR) is 98.4 cm³/mol. The quantitative estimate of drug-likeness (QED) is 0.523. The topological polar surface area (TPSA) is 77.5 Å². The Labute approximate surface area is 153 Å². The molecule has 1 aromatic carbocycles. The molecule has 1 aromatic heterocycles. The molecule has 0 saturated carbocycles. The van der Waals surface area contributed by atoms with E-state index in [2.05, 4.69) is 10.3 Å². The lowest BCUT2D eigenvalue weighted by Gasteiger charge is -2.10. The average Bonchev–Trinajstić information content (AvgIpc) is 2.65. The Kier molecular flexibility index (Phi) is 7.61. The lowest BCUT2D eigenvalue weighted by Crippen LogP contribution is -2.23. The fourth-order valence-electron chi connectivity index (χ4n) is 2.32. The number of hydrogen-bond acceptors (Lipinski definition) is 5. The number of ketones is 1. The average molecular weight is 356 g/mol.